The number of carbonyl (C=O) groups excluding carboxylic acids is 1. The summed E-state index contributed by atoms with van der Waals surface area (Å²) in [5.74, 6) is -0.255. The zero-order valence-electron chi connectivity index (χ0n) is 13.4. The van der Waals surface area contributed by atoms with Crippen molar-refractivity contribution in [3.63, 3.8) is 0 Å². The smallest absolute Gasteiger partial charge is 0.244 e. The Hall–Kier alpha value is -2.11. The zero-order chi connectivity index (χ0) is 17.7. The van der Waals surface area contributed by atoms with Crippen LogP contribution in [0.4, 0.5) is 0 Å². The van der Waals surface area contributed by atoms with Gasteiger partial charge in [-0.1, -0.05) is 41.9 Å². The predicted octanol–water partition coefficient (Wildman–Crippen LogP) is 3.63. The van der Waals surface area contributed by atoms with E-state index in [1.54, 1.807) is 24.3 Å². The lowest BCUT2D eigenvalue weighted by Crippen LogP contribution is -2.24. The molecule has 0 saturated carbocycles. The molecule has 2 aromatic carbocycles. The molecule has 0 saturated heterocycles. The lowest BCUT2D eigenvalue weighted by Gasteiger charge is -2.13. The predicted molar refractivity (Wildman–Crippen MR) is 96.6 cm³/mol. The van der Waals surface area contributed by atoms with Crippen molar-refractivity contribution in [1.82, 2.24) is 5.32 Å². The largest absolute Gasteiger partial charge is 0.346 e. The van der Waals surface area contributed by atoms with Crippen molar-refractivity contribution in [2.24, 2.45) is 0 Å². The van der Waals surface area contributed by atoms with Crippen molar-refractivity contribution >= 4 is 33.4 Å². The first-order valence-electron chi connectivity index (χ1n) is 7.30. The molecule has 0 aliphatic carbocycles. The van der Waals surface area contributed by atoms with Crippen LogP contribution in [-0.2, 0) is 14.6 Å². The van der Waals surface area contributed by atoms with Crippen molar-refractivity contribution in [3.05, 3.63) is 70.8 Å². The molecule has 0 aliphatic rings. The number of halogens is 1. The van der Waals surface area contributed by atoms with Crippen molar-refractivity contribution in [2.75, 3.05) is 6.26 Å². The van der Waals surface area contributed by atoms with Gasteiger partial charge >= 0.3 is 0 Å². The molecule has 0 spiro atoms. The van der Waals surface area contributed by atoms with Crippen LogP contribution >= 0.6 is 11.6 Å². The van der Waals surface area contributed by atoms with Crippen LogP contribution in [0.1, 0.15) is 24.1 Å². The number of nitrogens with one attached hydrogen (secondary N) is 1. The maximum absolute atomic E-state index is 12.0. The molecule has 2 rings (SSSR count). The average molecular weight is 364 g/mol. The molecule has 6 heteroatoms. The van der Waals surface area contributed by atoms with Crippen LogP contribution in [0.5, 0.6) is 0 Å². The van der Waals surface area contributed by atoms with Gasteiger partial charge in [-0.05, 0) is 42.3 Å². The maximum Gasteiger partial charge on any atom is 0.244 e. The number of amides is 1. The summed E-state index contributed by atoms with van der Waals surface area (Å²) >= 11 is 6.03. The van der Waals surface area contributed by atoms with Gasteiger partial charge in [0.2, 0.25) is 5.91 Å². The first kappa shape index (κ1) is 18.2. The van der Waals surface area contributed by atoms with E-state index in [0.717, 1.165) is 17.4 Å². The molecule has 1 atom stereocenters. The van der Waals surface area contributed by atoms with Crippen molar-refractivity contribution in [3.8, 4) is 0 Å². The monoisotopic (exact) mass is 363 g/mol. The zero-order valence-corrected chi connectivity index (χ0v) is 14.9. The second kappa shape index (κ2) is 7.64. The van der Waals surface area contributed by atoms with Gasteiger partial charge in [0.25, 0.3) is 0 Å². The van der Waals surface area contributed by atoms with E-state index in [9.17, 15) is 13.2 Å². The minimum absolute atomic E-state index is 0.248. The molecular weight excluding hydrogens is 346 g/mol. The van der Waals surface area contributed by atoms with Crippen molar-refractivity contribution in [1.29, 1.82) is 0 Å². The Labute approximate surface area is 147 Å². The van der Waals surface area contributed by atoms with Crippen LogP contribution < -0.4 is 5.32 Å². The van der Waals surface area contributed by atoms with Gasteiger partial charge in [0, 0.05) is 17.4 Å². The van der Waals surface area contributed by atoms with Gasteiger partial charge in [0.1, 0.15) is 0 Å². The lowest BCUT2D eigenvalue weighted by molar-refractivity contribution is -0.117. The first-order chi connectivity index (χ1) is 11.3. The van der Waals surface area contributed by atoms with Crippen LogP contribution in [-0.4, -0.2) is 20.6 Å². The quantitative estimate of drug-likeness (QED) is 0.825. The maximum atomic E-state index is 12.0. The van der Waals surface area contributed by atoms with Gasteiger partial charge in [-0.15, -0.1) is 0 Å². The highest BCUT2D eigenvalue weighted by molar-refractivity contribution is 7.90. The van der Waals surface area contributed by atoms with E-state index in [2.05, 4.69) is 5.32 Å². The molecule has 0 radical (unpaired) electrons. The molecule has 0 bridgehead atoms. The fourth-order valence-corrected chi connectivity index (χ4v) is 2.95. The Morgan fingerprint density at radius 1 is 1.12 bits per heavy atom. The molecule has 0 aliphatic heterocycles. The molecule has 2 aromatic rings. The van der Waals surface area contributed by atoms with Crippen molar-refractivity contribution < 1.29 is 13.2 Å². The highest BCUT2D eigenvalue weighted by Crippen LogP contribution is 2.18. The van der Waals surface area contributed by atoms with Gasteiger partial charge in [0.05, 0.1) is 10.9 Å². The first-order valence-corrected chi connectivity index (χ1v) is 9.57. The third-order valence-electron chi connectivity index (χ3n) is 3.49. The number of benzene rings is 2. The second-order valence-electron chi connectivity index (χ2n) is 5.43. The van der Waals surface area contributed by atoms with Crippen LogP contribution in [0, 0.1) is 0 Å². The fourth-order valence-electron chi connectivity index (χ4n) is 2.12. The van der Waals surface area contributed by atoms with Gasteiger partial charge in [0.15, 0.2) is 9.84 Å². The molecule has 126 valence electrons. The molecule has 0 fully saturated rings. The molecule has 4 nitrogen and oxygen atoms in total. The summed E-state index contributed by atoms with van der Waals surface area (Å²) in [7, 11) is -3.22. The summed E-state index contributed by atoms with van der Waals surface area (Å²) in [4.78, 5) is 12.3. The van der Waals surface area contributed by atoms with E-state index >= 15 is 0 Å². The third kappa shape index (κ3) is 4.94. The van der Waals surface area contributed by atoms with Crippen molar-refractivity contribution in [2.45, 2.75) is 17.9 Å². The minimum Gasteiger partial charge on any atom is -0.346 e. The number of rotatable bonds is 5. The SMILES string of the molecule is C[C@@H](NC(=O)/C=C/c1ccccc1Cl)c1ccc(S(C)(=O)=O)cc1. The number of hydrogen-bond donors (Lipinski definition) is 1. The molecule has 0 heterocycles. The van der Waals surface area contributed by atoms with E-state index < -0.39 is 9.84 Å². The normalized spacial score (nSPS) is 13.0. The van der Waals surface area contributed by atoms with Crippen LogP contribution in [0.3, 0.4) is 0 Å². The molecule has 24 heavy (non-hydrogen) atoms. The lowest BCUT2D eigenvalue weighted by atomic mass is 10.1. The van der Waals surface area contributed by atoms with E-state index in [0.29, 0.717) is 5.02 Å². The standard InChI is InChI=1S/C18H18ClNO3S/c1-13(14-7-10-16(11-8-14)24(2,22)23)20-18(21)12-9-15-5-3-4-6-17(15)19/h3-13H,1-2H3,(H,20,21)/b12-9+/t13-/m1/s1. The Kier molecular flexibility index (Phi) is 5.80. The molecule has 0 aromatic heterocycles. The molecular formula is C18H18ClNO3S. The number of sulfone groups is 1. The van der Waals surface area contributed by atoms with Crippen LogP contribution in [0.15, 0.2) is 59.5 Å². The second-order valence-corrected chi connectivity index (χ2v) is 7.85. The van der Waals surface area contributed by atoms with E-state index in [1.165, 1.54) is 18.2 Å². The van der Waals surface area contributed by atoms with Gasteiger partial charge < -0.3 is 5.32 Å². The summed E-state index contributed by atoms with van der Waals surface area (Å²) in [5.41, 5.74) is 1.58. The summed E-state index contributed by atoms with van der Waals surface area (Å²) in [6, 6.07) is 13.4. The number of hydrogen-bond acceptors (Lipinski definition) is 3. The van der Waals surface area contributed by atoms with Gasteiger partial charge in [-0.25, -0.2) is 8.42 Å². The Morgan fingerprint density at radius 2 is 1.75 bits per heavy atom. The number of carbonyl (C=O) groups is 1. The molecule has 1 N–H and O–H groups in total. The fraction of sp³-hybridized carbons (Fsp3) is 0.167. The van der Waals surface area contributed by atoms with Crippen LogP contribution in [0.25, 0.3) is 6.08 Å². The molecule has 0 unspecified atom stereocenters. The third-order valence-corrected chi connectivity index (χ3v) is 4.96. The van der Waals surface area contributed by atoms with E-state index in [4.69, 9.17) is 11.6 Å². The summed E-state index contributed by atoms with van der Waals surface area (Å²) in [5, 5.41) is 3.40. The molecule has 1 amide bonds. The van der Waals surface area contributed by atoms with Crippen LogP contribution in [0.2, 0.25) is 5.02 Å². The summed E-state index contributed by atoms with van der Waals surface area (Å²) in [6.45, 7) is 1.83. The highest BCUT2D eigenvalue weighted by Gasteiger charge is 2.10. The van der Waals surface area contributed by atoms with E-state index in [-0.39, 0.29) is 16.8 Å². The summed E-state index contributed by atoms with van der Waals surface area (Å²) < 4.78 is 22.9. The minimum atomic E-state index is -3.22. The Balaban J connectivity index is 2.02. The Morgan fingerprint density at radius 3 is 2.33 bits per heavy atom. The topological polar surface area (TPSA) is 63.2 Å². The van der Waals surface area contributed by atoms with Gasteiger partial charge in [-0.2, -0.15) is 0 Å². The van der Waals surface area contributed by atoms with E-state index in [1.807, 2.05) is 25.1 Å². The average Bonchev–Trinajstić information content (AvgIpc) is 2.53. The Bertz CT molecular complexity index is 858. The summed E-state index contributed by atoms with van der Waals surface area (Å²) in [6.07, 6.45) is 4.23. The highest BCUT2D eigenvalue weighted by atomic mass is 35.5. The van der Waals surface area contributed by atoms with Gasteiger partial charge in [-0.3, -0.25) is 4.79 Å².